The molecule has 0 aliphatic carbocycles. The van der Waals surface area contributed by atoms with Gasteiger partial charge in [0, 0.05) is 29.5 Å². The maximum absolute atomic E-state index is 9.15. The summed E-state index contributed by atoms with van der Waals surface area (Å²) in [7, 11) is 0. The van der Waals surface area contributed by atoms with Crippen LogP contribution in [0.5, 0.6) is 0 Å². The van der Waals surface area contributed by atoms with Crippen LogP contribution in [0.25, 0.3) is 10.8 Å². The molecule has 0 aliphatic heterocycles. The molecule has 0 bridgehead atoms. The predicted molar refractivity (Wildman–Crippen MR) is 76.7 cm³/mol. The molecule has 2 nitrogen and oxygen atoms in total. The molecule has 0 saturated heterocycles. The summed E-state index contributed by atoms with van der Waals surface area (Å²) in [5, 5.41) is 11.3. The van der Waals surface area contributed by atoms with E-state index < -0.39 is 0 Å². The van der Waals surface area contributed by atoms with E-state index in [1.165, 1.54) is 0 Å². The SMILES string of the molecule is C=CCN(CC)c1ccc(C#N)c2ccccc12. The van der Waals surface area contributed by atoms with Crippen LogP contribution in [-0.2, 0) is 0 Å². The molecule has 2 aromatic rings. The van der Waals surface area contributed by atoms with Gasteiger partial charge in [-0.2, -0.15) is 5.26 Å². The van der Waals surface area contributed by atoms with Crippen LogP contribution in [0.4, 0.5) is 5.69 Å². The van der Waals surface area contributed by atoms with Gasteiger partial charge in [-0.25, -0.2) is 0 Å². The first-order valence-electron chi connectivity index (χ1n) is 6.09. The molecule has 0 amide bonds. The molecule has 0 fully saturated rings. The lowest BCUT2D eigenvalue weighted by Crippen LogP contribution is -2.22. The van der Waals surface area contributed by atoms with Gasteiger partial charge in [-0.15, -0.1) is 6.58 Å². The fourth-order valence-electron chi connectivity index (χ4n) is 2.21. The molecule has 0 unspecified atom stereocenters. The summed E-state index contributed by atoms with van der Waals surface area (Å²) < 4.78 is 0. The number of benzene rings is 2. The summed E-state index contributed by atoms with van der Waals surface area (Å²) >= 11 is 0. The molecule has 0 saturated carbocycles. The molecule has 0 heterocycles. The molecule has 2 aromatic carbocycles. The van der Waals surface area contributed by atoms with Crippen molar-refractivity contribution in [3.63, 3.8) is 0 Å². The summed E-state index contributed by atoms with van der Waals surface area (Å²) in [6, 6.07) is 14.2. The zero-order valence-corrected chi connectivity index (χ0v) is 10.6. The van der Waals surface area contributed by atoms with Crippen LogP contribution >= 0.6 is 0 Å². The summed E-state index contributed by atoms with van der Waals surface area (Å²) in [4.78, 5) is 2.25. The predicted octanol–water partition coefficient (Wildman–Crippen LogP) is 3.72. The zero-order valence-electron chi connectivity index (χ0n) is 10.6. The second-order valence-electron chi connectivity index (χ2n) is 4.12. The Labute approximate surface area is 108 Å². The van der Waals surface area contributed by atoms with Crippen LogP contribution < -0.4 is 4.90 Å². The molecule has 2 rings (SSSR count). The second kappa shape index (κ2) is 5.37. The Hall–Kier alpha value is -2.27. The van der Waals surface area contributed by atoms with Crippen molar-refractivity contribution in [3.8, 4) is 6.07 Å². The second-order valence-corrected chi connectivity index (χ2v) is 4.12. The Kier molecular flexibility index (Phi) is 3.64. The monoisotopic (exact) mass is 236 g/mol. The maximum atomic E-state index is 9.15. The molecule has 0 radical (unpaired) electrons. The van der Waals surface area contributed by atoms with E-state index in [-0.39, 0.29) is 0 Å². The van der Waals surface area contributed by atoms with Crippen LogP contribution in [0.1, 0.15) is 12.5 Å². The number of anilines is 1. The van der Waals surface area contributed by atoms with Gasteiger partial charge in [0.2, 0.25) is 0 Å². The van der Waals surface area contributed by atoms with E-state index >= 15 is 0 Å². The highest BCUT2D eigenvalue weighted by Crippen LogP contribution is 2.29. The van der Waals surface area contributed by atoms with Crippen LogP contribution in [-0.4, -0.2) is 13.1 Å². The molecule has 0 spiro atoms. The summed E-state index contributed by atoms with van der Waals surface area (Å²) in [5.74, 6) is 0. The number of likely N-dealkylation sites (N-methyl/N-ethyl adjacent to an activating group) is 1. The van der Waals surface area contributed by atoms with E-state index in [0.29, 0.717) is 0 Å². The van der Waals surface area contributed by atoms with Crippen LogP contribution in [0.3, 0.4) is 0 Å². The van der Waals surface area contributed by atoms with Gasteiger partial charge in [0.25, 0.3) is 0 Å². The van der Waals surface area contributed by atoms with Gasteiger partial charge in [0.15, 0.2) is 0 Å². The average Bonchev–Trinajstić information content (AvgIpc) is 2.44. The molecule has 0 aliphatic rings. The molecule has 18 heavy (non-hydrogen) atoms. The Bertz CT molecular complexity index is 608. The van der Waals surface area contributed by atoms with Gasteiger partial charge in [0.1, 0.15) is 0 Å². The molecule has 0 N–H and O–H groups in total. The van der Waals surface area contributed by atoms with Gasteiger partial charge in [-0.3, -0.25) is 0 Å². The van der Waals surface area contributed by atoms with Crippen molar-refractivity contribution in [1.82, 2.24) is 0 Å². The third-order valence-corrected chi connectivity index (χ3v) is 3.09. The van der Waals surface area contributed by atoms with E-state index in [4.69, 9.17) is 5.26 Å². The minimum absolute atomic E-state index is 0.726. The lowest BCUT2D eigenvalue weighted by molar-refractivity contribution is 0.912. The Morgan fingerprint density at radius 3 is 2.56 bits per heavy atom. The van der Waals surface area contributed by atoms with Crippen molar-refractivity contribution in [3.05, 3.63) is 54.6 Å². The summed E-state index contributed by atoms with van der Waals surface area (Å²) in [5.41, 5.74) is 1.89. The van der Waals surface area contributed by atoms with Crippen molar-refractivity contribution in [2.45, 2.75) is 6.92 Å². The fourth-order valence-corrected chi connectivity index (χ4v) is 2.21. The van der Waals surface area contributed by atoms with Crippen molar-refractivity contribution in [2.24, 2.45) is 0 Å². The van der Waals surface area contributed by atoms with E-state index in [9.17, 15) is 0 Å². The highest BCUT2D eigenvalue weighted by molar-refractivity contribution is 5.97. The molecule has 0 atom stereocenters. The lowest BCUT2D eigenvalue weighted by atomic mass is 10.0. The number of hydrogen-bond acceptors (Lipinski definition) is 2. The largest absolute Gasteiger partial charge is 0.368 e. The van der Waals surface area contributed by atoms with Gasteiger partial charge in [-0.1, -0.05) is 30.3 Å². The molecular weight excluding hydrogens is 220 g/mol. The zero-order chi connectivity index (χ0) is 13.0. The quantitative estimate of drug-likeness (QED) is 0.756. The number of nitriles is 1. The lowest BCUT2D eigenvalue weighted by Gasteiger charge is -2.23. The Morgan fingerprint density at radius 1 is 1.22 bits per heavy atom. The third-order valence-electron chi connectivity index (χ3n) is 3.09. The van der Waals surface area contributed by atoms with E-state index in [2.05, 4.69) is 30.5 Å². The highest BCUT2D eigenvalue weighted by Gasteiger charge is 2.09. The summed E-state index contributed by atoms with van der Waals surface area (Å²) in [6.07, 6.45) is 1.90. The number of nitrogens with zero attached hydrogens (tertiary/aromatic N) is 2. The minimum atomic E-state index is 0.726. The van der Waals surface area contributed by atoms with Crippen LogP contribution in [0.2, 0.25) is 0 Å². The topological polar surface area (TPSA) is 27.0 Å². The van der Waals surface area contributed by atoms with E-state index in [0.717, 1.165) is 35.1 Å². The minimum Gasteiger partial charge on any atom is -0.368 e. The van der Waals surface area contributed by atoms with Crippen LogP contribution in [0.15, 0.2) is 49.1 Å². The van der Waals surface area contributed by atoms with E-state index in [1.807, 2.05) is 36.4 Å². The first kappa shape index (κ1) is 12.2. The molecular formula is C16H16N2. The third kappa shape index (κ3) is 2.08. The smallest absolute Gasteiger partial charge is 0.0998 e. The molecule has 2 heteroatoms. The standard InChI is InChI=1S/C16H16N2/c1-3-11-18(4-2)16-10-9-13(12-17)14-7-5-6-8-15(14)16/h3,5-10H,1,4,11H2,2H3. The van der Waals surface area contributed by atoms with Crippen molar-refractivity contribution in [1.29, 1.82) is 5.26 Å². The van der Waals surface area contributed by atoms with Crippen molar-refractivity contribution >= 4 is 16.5 Å². The normalized spacial score (nSPS) is 10.0. The van der Waals surface area contributed by atoms with Gasteiger partial charge < -0.3 is 4.90 Å². The maximum Gasteiger partial charge on any atom is 0.0998 e. The summed E-state index contributed by atoms with van der Waals surface area (Å²) in [6.45, 7) is 7.65. The number of hydrogen-bond donors (Lipinski definition) is 0. The molecule has 0 aromatic heterocycles. The first-order chi connectivity index (χ1) is 8.81. The number of fused-ring (bicyclic) bond motifs is 1. The molecule has 90 valence electrons. The van der Waals surface area contributed by atoms with Gasteiger partial charge in [0.05, 0.1) is 11.6 Å². The first-order valence-corrected chi connectivity index (χ1v) is 6.09. The van der Waals surface area contributed by atoms with Gasteiger partial charge in [-0.05, 0) is 19.1 Å². The number of rotatable bonds is 4. The van der Waals surface area contributed by atoms with E-state index in [1.54, 1.807) is 0 Å². The fraction of sp³-hybridized carbons (Fsp3) is 0.188. The van der Waals surface area contributed by atoms with Crippen molar-refractivity contribution < 1.29 is 0 Å². The Morgan fingerprint density at radius 2 is 1.94 bits per heavy atom. The van der Waals surface area contributed by atoms with Crippen LogP contribution in [0, 0.1) is 11.3 Å². The van der Waals surface area contributed by atoms with Gasteiger partial charge >= 0.3 is 0 Å². The Balaban J connectivity index is 2.66. The average molecular weight is 236 g/mol. The highest BCUT2D eigenvalue weighted by atomic mass is 15.1. The van der Waals surface area contributed by atoms with Crippen molar-refractivity contribution in [2.75, 3.05) is 18.0 Å².